The molecule has 4 N–H and O–H groups in total. The number of anilines is 1. The molecule has 212 valence electrons. The number of hydrogen-bond acceptors (Lipinski definition) is 6. The van der Waals surface area contributed by atoms with Crippen LogP contribution in [0.15, 0.2) is 42.5 Å². The average molecular weight is 541 g/mol. The number of fused-ring (bicyclic) bond motifs is 1. The SMILES string of the molecule is CC(C)NC(=O)Nc1ccc2c(c1)CC(=O)N([C@H](C)CO)C[C@@H](C)[C@H](CN(C)Cc1ccc(C(=O)O)cc1)O2. The van der Waals surface area contributed by atoms with Gasteiger partial charge < -0.3 is 30.5 Å². The van der Waals surface area contributed by atoms with Crippen molar-refractivity contribution in [2.75, 3.05) is 32.1 Å². The summed E-state index contributed by atoms with van der Waals surface area (Å²) in [6.07, 6.45) is -0.207. The van der Waals surface area contributed by atoms with Gasteiger partial charge in [-0.25, -0.2) is 9.59 Å². The van der Waals surface area contributed by atoms with Crippen LogP contribution in [0.1, 0.15) is 49.2 Å². The molecule has 0 radical (unpaired) electrons. The standard InChI is InChI=1S/C29H40N4O6/c1-18(2)30-29(38)31-24-10-11-25-23(12-24)13-27(35)33(20(4)17-34)14-19(3)26(39-25)16-32(5)15-21-6-8-22(9-7-21)28(36)37/h6-12,18-20,26,34H,13-17H2,1-5H3,(H,36,37)(H2,30,31,38)/t19-,20-,26+/m1/s1. The Kier molecular flexibility index (Phi) is 10.3. The van der Waals surface area contributed by atoms with Crippen molar-refractivity contribution in [3.63, 3.8) is 0 Å². The number of aliphatic hydroxyl groups is 1. The minimum atomic E-state index is -0.962. The van der Waals surface area contributed by atoms with Gasteiger partial charge in [-0.2, -0.15) is 0 Å². The normalized spacial score (nSPS) is 18.5. The Morgan fingerprint density at radius 3 is 2.46 bits per heavy atom. The van der Waals surface area contributed by atoms with Crippen LogP contribution in [0.4, 0.5) is 10.5 Å². The lowest BCUT2D eigenvalue weighted by Gasteiger charge is -2.34. The number of aliphatic hydroxyl groups excluding tert-OH is 1. The van der Waals surface area contributed by atoms with E-state index in [1.807, 2.05) is 34.7 Å². The van der Waals surface area contributed by atoms with E-state index >= 15 is 0 Å². The second kappa shape index (κ2) is 13.4. The number of nitrogens with zero attached hydrogens (tertiary/aromatic N) is 2. The first-order chi connectivity index (χ1) is 18.5. The van der Waals surface area contributed by atoms with E-state index in [2.05, 4.69) is 15.5 Å². The molecule has 10 heteroatoms. The van der Waals surface area contributed by atoms with Gasteiger partial charge in [0.1, 0.15) is 11.9 Å². The Morgan fingerprint density at radius 2 is 1.85 bits per heavy atom. The van der Waals surface area contributed by atoms with Crippen LogP contribution in [0.2, 0.25) is 0 Å². The number of urea groups is 1. The van der Waals surface area contributed by atoms with Crippen molar-refractivity contribution in [2.45, 2.75) is 58.8 Å². The maximum atomic E-state index is 13.4. The zero-order chi connectivity index (χ0) is 28.7. The Labute approximate surface area is 229 Å². The van der Waals surface area contributed by atoms with E-state index in [0.717, 1.165) is 5.56 Å². The highest BCUT2D eigenvalue weighted by atomic mass is 16.5. The predicted molar refractivity (Wildman–Crippen MR) is 149 cm³/mol. The van der Waals surface area contributed by atoms with Crippen LogP contribution in [0.5, 0.6) is 5.75 Å². The number of amides is 3. The van der Waals surface area contributed by atoms with Crippen molar-refractivity contribution in [3.8, 4) is 5.75 Å². The smallest absolute Gasteiger partial charge is 0.335 e. The second-order valence-electron chi connectivity index (χ2n) is 10.7. The van der Waals surface area contributed by atoms with E-state index in [-0.39, 0.29) is 54.6 Å². The summed E-state index contributed by atoms with van der Waals surface area (Å²) in [6.45, 7) is 8.99. The van der Waals surface area contributed by atoms with Crippen LogP contribution >= 0.6 is 0 Å². The first-order valence-corrected chi connectivity index (χ1v) is 13.2. The number of likely N-dealkylation sites (N-methyl/N-ethyl adjacent to an activating group) is 1. The highest BCUT2D eigenvalue weighted by molar-refractivity contribution is 5.90. The Hall–Kier alpha value is -3.63. The lowest BCUT2D eigenvalue weighted by molar-refractivity contribution is -0.134. The quantitative estimate of drug-likeness (QED) is 0.384. The van der Waals surface area contributed by atoms with Crippen LogP contribution in [0.25, 0.3) is 0 Å². The zero-order valence-corrected chi connectivity index (χ0v) is 23.3. The number of rotatable bonds is 9. The summed E-state index contributed by atoms with van der Waals surface area (Å²) in [5.74, 6) is -0.561. The number of benzene rings is 2. The molecule has 0 aliphatic carbocycles. The molecule has 10 nitrogen and oxygen atoms in total. The number of ether oxygens (including phenoxy) is 1. The Balaban J connectivity index is 1.85. The highest BCUT2D eigenvalue weighted by Gasteiger charge is 2.31. The monoisotopic (exact) mass is 540 g/mol. The predicted octanol–water partition coefficient (Wildman–Crippen LogP) is 3.20. The molecule has 2 aromatic carbocycles. The summed E-state index contributed by atoms with van der Waals surface area (Å²) in [5.41, 5.74) is 2.42. The summed E-state index contributed by atoms with van der Waals surface area (Å²) >= 11 is 0. The van der Waals surface area contributed by atoms with E-state index in [1.54, 1.807) is 47.4 Å². The van der Waals surface area contributed by atoms with Gasteiger partial charge in [-0.3, -0.25) is 9.69 Å². The number of carboxylic acid groups (broad SMARTS) is 1. The fourth-order valence-corrected chi connectivity index (χ4v) is 4.59. The van der Waals surface area contributed by atoms with Crippen molar-refractivity contribution in [3.05, 3.63) is 59.2 Å². The summed E-state index contributed by atoms with van der Waals surface area (Å²) in [5, 5.41) is 24.6. The molecule has 2 aromatic rings. The Bertz CT molecular complexity index is 1150. The highest BCUT2D eigenvalue weighted by Crippen LogP contribution is 2.29. The van der Waals surface area contributed by atoms with Crippen LogP contribution in [0, 0.1) is 5.92 Å². The molecule has 0 unspecified atom stereocenters. The first kappa shape index (κ1) is 29.9. The van der Waals surface area contributed by atoms with E-state index in [0.29, 0.717) is 36.6 Å². The van der Waals surface area contributed by atoms with E-state index in [1.165, 1.54) is 0 Å². The molecule has 0 bridgehead atoms. The molecule has 0 aromatic heterocycles. The first-order valence-electron chi connectivity index (χ1n) is 13.2. The van der Waals surface area contributed by atoms with Crippen LogP contribution in [-0.2, 0) is 17.8 Å². The maximum absolute atomic E-state index is 13.4. The van der Waals surface area contributed by atoms with Crippen molar-refractivity contribution in [2.24, 2.45) is 5.92 Å². The van der Waals surface area contributed by atoms with Gasteiger partial charge in [0.25, 0.3) is 0 Å². The molecule has 3 rings (SSSR count). The molecular formula is C29H40N4O6. The van der Waals surface area contributed by atoms with Crippen LogP contribution in [0.3, 0.4) is 0 Å². The number of carbonyl (C=O) groups excluding carboxylic acids is 2. The van der Waals surface area contributed by atoms with Crippen molar-refractivity contribution >= 4 is 23.6 Å². The summed E-state index contributed by atoms with van der Waals surface area (Å²) < 4.78 is 6.53. The summed E-state index contributed by atoms with van der Waals surface area (Å²) in [6, 6.07) is 11.4. The van der Waals surface area contributed by atoms with E-state index < -0.39 is 5.97 Å². The van der Waals surface area contributed by atoms with Crippen LogP contribution < -0.4 is 15.4 Å². The van der Waals surface area contributed by atoms with Gasteiger partial charge >= 0.3 is 12.0 Å². The Morgan fingerprint density at radius 1 is 1.15 bits per heavy atom. The third-order valence-electron chi connectivity index (χ3n) is 6.74. The number of hydrogen-bond donors (Lipinski definition) is 4. The molecule has 1 heterocycles. The molecule has 39 heavy (non-hydrogen) atoms. The van der Waals surface area contributed by atoms with Crippen molar-refractivity contribution in [1.29, 1.82) is 0 Å². The zero-order valence-electron chi connectivity index (χ0n) is 23.3. The molecule has 0 spiro atoms. The summed E-state index contributed by atoms with van der Waals surface area (Å²) in [7, 11) is 1.97. The van der Waals surface area contributed by atoms with E-state index in [9.17, 15) is 19.5 Å². The van der Waals surface area contributed by atoms with Gasteiger partial charge in [0, 0.05) is 42.8 Å². The fraction of sp³-hybridized carbons (Fsp3) is 0.483. The average Bonchev–Trinajstić information content (AvgIpc) is 2.91. The second-order valence-corrected chi connectivity index (χ2v) is 10.7. The van der Waals surface area contributed by atoms with Gasteiger partial charge in [-0.1, -0.05) is 19.1 Å². The number of carboxylic acids is 1. The van der Waals surface area contributed by atoms with Gasteiger partial charge in [0.15, 0.2) is 0 Å². The van der Waals surface area contributed by atoms with E-state index in [4.69, 9.17) is 9.84 Å². The largest absolute Gasteiger partial charge is 0.488 e. The van der Waals surface area contributed by atoms with Gasteiger partial charge in [-0.05, 0) is 63.7 Å². The number of carbonyl (C=O) groups is 3. The molecule has 3 atom stereocenters. The van der Waals surface area contributed by atoms with Crippen molar-refractivity contribution < 1.29 is 29.3 Å². The molecule has 1 aliphatic rings. The molecular weight excluding hydrogens is 500 g/mol. The van der Waals surface area contributed by atoms with Crippen LogP contribution in [-0.4, -0.2) is 82.9 Å². The molecule has 1 aliphatic heterocycles. The summed E-state index contributed by atoms with van der Waals surface area (Å²) in [4.78, 5) is 40.6. The van der Waals surface area contributed by atoms with Gasteiger partial charge in [0.05, 0.1) is 24.6 Å². The van der Waals surface area contributed by atoms with Gasteiger partial charge in [0.2, 0.25) is 5.91 Å². The minimum absolute atomic E-state index is 0.0226. The maximum Gasteiger partial charge on any atom is 0.335 e. The molecule has 0 fully saturated rings. The van der Waals surface area contributed by atoms with Gasteiger partial charge in [-0.15, -0.1) is 0 Å². The third-order valence-corrected chi connectivity index (χ3v) is 6.74. The molecule has 3 amide bonds. The number of aromatic carboxylic acids is 1. The minimum Gasteiger partial charge on any atom is -0.488 e. The molecule has 0 saturated heterocycles. The lowest BCUT2D eigenvalue weighted by Crippen LogP contribution is -2.47. The number of nitrogens with one attached hydrogen (secondary N) is 2. The topological polar surface area (TPSA) is 131 Å². The van der Waals surface area contributed by atoms with Crippen molar-refractivity contribution in [1.82, 2.24) is 15.1 Å². The fourth-order valence-electron chi connectivity index (χ4n) is 4.59. The lowest BCUT2D eigenvalue weighted by atomic mass is 10.0. The third kappa shape index (κ3) is 8.43. The molecule has 0 saturated carbocycles.